The van der Waals surface area contributed by atoms with E-state index in [0.29, 0.717) is 12.8 Å². The third kappa shape index (κ3) is 5.78. The second kappa shape index (κ2) is 11.1. The molecule has 1 fully saturated rings. The molecule has 0 saturated heterocycles. The number of pyridine rings is 1. The van der Waals surface area contributed by atoms with Gasteiger partial charge in [-0.2, -0.15) is 13.2 Å². The van der Waals surface area contributed by atoms with Crippen molar-refractivity contribution in [3.05, 3.63) is 70.6 Å². The molecule has 1 amide bonds. The number of carbonyl (C=O) groups is 1. The fourth-order valence-electron chi connectivity index (χ4n) is 3.87. The summed E-state index contributed by atoms with van der Waals surface area (Å²) in [4.78, 5) is 16.8. The van der Waals surface area contributed by atoms with Gasteiger partial charge in [-0.05, 0) is 61.4 Å². The number of hydrogen-bond donors (Lipinski definition) is 2. The summed E-state index contributed by atoms with van der Waals surface area (Å²) >= 11 is 5.82. The van der Waals surface area contributed by atoms with E-state index < -0.39 is 48.0 Å². The van der Waals surface area contributed by atoms with Crippen molar-refractivity contribution in [1.82, 2.24) is 10.3 Å². The highest BCUT2D eigenvalue weighted by molar-refractivity contribution is 6.31. The molecule has 1 unspecified atom stereocenters. The molecule has 0 aliphatic heterocycles. The summed E-state index contributed by atoms with van der Waals surface area (Å²) in [6, 6.07) is 9.31. The van der Waals surface area contributed by atoms with Gasteiger partial charge in [0.2, 0.25) is 5.60 Å². The molecule has 0 spiro atoms. The Bertz CT molecular complexity index is 1420. The molecule has 3 aromatic rings. The lowest BCUT2D eigenvalue weighted by molar-refractivity contribution is -0.265. The topological polar surface area (TPSA) is 89.9 Å². The number of aromatic nitrogens is 1. The van der Waals surface area contributed by atoms with Crippen molar-refractivity contribution in [3.8, 4) is 28.5 Å². The van der Waals surface area contributed by atoms with Crippen LogP contribution in [0, 0.1) is 5.82 Å². The summed E-state index contributed by atoms with van der Waals surface area (Å²) in [7, 11) is 2.55. The lowest BCUT2D eigenvalue weighted by Gasteiger charge is -2.30. The van der Waals surface area contributed by atoms with Crippen molar-refractivity contribution >= 4 is 17.5 Å². The normalized spacial score (nSPS) is 15.6. The molecule has 7 nitrogen and oxygen atoms in total. The zero-order valence-electron chi connectivity index (χ0n) is 21.2. The average molecular weight is 587 g/mol. The van der Waals surface area contributed by atoms with Crippen molar-refractivity contribution in [3.63, 3.8) is 0 Å². The lowest BCUT2D eigenvalue weighted by atomic mass is 9.96. The lowest BCUT2D eigenvalue weighted by Crippen LogP contribution is -2.51. The fraction of sp³-hybridized carbons (Fsp3) is 0.333. The number of rotatable bonds is 10. The second-order valence-electron chi connectivity index (χ2n) is 9.20. The molecular weight excluding hydrogens is 563 g/mol. The van der Waals surface area contributed by atoms with E-state index in [9.17, 15) is 31.9 Å². The highest BCUT2D eigenvalue weighted by atomic mass is 35.5. The number of nitrogens with one attached hydrogen (secondary N) is 1. The molecule has 0 radical (unpaired) electrons. The molecular formula is C27H24ClF5N2O5. The van der Waals surface area contributed by atoms with Crippen LogP contribution in [0.5, 0.6) is 17.2 Å². The van der Waals surface area contributed by atoms with Crippen molar-refractivity contribution in [2.75, 3.05) is 27.4 Å². The molecule has 1 saturated carbocycles. The van der Waals surface area contributed by atoms with Gasteiger partial charge in [-0.1, -0.05) is 11.6 Å². The predicted octanol–water partition coefficient (Wildman–Crippen LogP) is 5.62. The maximum atomic E-state index is 14.2. The van der Waals surface area contributed by atoms with Crippen LogP contribution in [0.2, 0.25) is 5.02 Å². The number of hydrogen-bond acceptors (Lipinski definition) is 6. The van der Waals surface area contributed by atoms with Crippen LogP contribution in [0.25, 0.3) is 11.3 Å². The quantitative estimate of drug-likeness (QED) is 0.300. The summed E-state index contributed by atoms with van der Waals surface area (Å²) in [6.07, 6.45) is -4.25. The van der Waals surface area contributed by atoms with Gasteiger partial charge in [0.15, 0.2) is 11.5 Å². The van der Waals surface area contributed by atoms with Crippen LogP contribution in [0.1, 0.15) is 28.9 Å². The van der Waals surface area contributed by atoms with Gasteiger partial charge >= 0.3 is 6.18 Å². The third-order valence-electron chi connectivity index (χ3n) is 6.47. The number of benzene rings is 2. The van der Waals surface area contributed by atoms with E-state index in [1.54, 1.807) is 0 Å². The fourth-order valence-corrected chi connectivity index (χ4v) is 4.05. The van der Waals surface area contributed by atoms with E-state index in [1.165, 1.54) is 38.5 Å². The number of ether oxygens (including phenoxy) is 3. The highest BCUT2D eigenvalue weighted by Crippen LogP contribution is 2.44. The molecule has 1 heterocycles. The number of nitrogens with zero attached hydrogens (tertiary/aromatic N) is 1. The molecule has 1 atom stereocenters. The first-order chi connectivity index (χ1) is 18.9. The Morgan fingerprint density at radius 3 is 2.30 bits per heavy atom. The Hall–Kier alpha value is -3.64. The van der Waals surface area contributed by atoms with E-state index in [0.717, 1.165) is 24.3 Å². The van der Waals surface area contributed by atoms with Crippen LogP contribution in [0.15, 0.2) is 48.5 Å². The molecule has 0 bridgehead atoms. The summed E-state index contributed by atoms with van der Waals surface area (Å²) in [5.74, 6) is -1.41. The molecule has 2 aromatic carbocycles. The Labute approximate surface area is 230 Å². The number of carbonyl (C=O) groups excluding carboxylic acids is 1. The average Bonchev–Trinajstić information content (AvgIpc) is 3.72. The molecule has 4 rings (SSSR count). The summed E-state index contributed by atoms with van der Waals surface area (Å²) in [5, 5.41) is 12.6. The maximum absolute atomic E-state index is 14.2. The smallest absolute Gasteiger partial charge is 0.424 e. The zero-order chi connectivity index (χ0) is 29.3. The van der Waals surface area contributed by atoms with Gasteiger partial charge < -0.3 is 24.6 Å². The van der Waals surface area contributed by atoms with E-state index in [4.69, 9.17) is 25.8 Å². The summed E-state index contributed by atoms with van der Waals surface area (Å²) in [6.45, 7) is -2.01. The molecule has 40 heavy (non-hydrogen) atoms. The summed E-state index contributed by atoms with van der Waals surface area (Å²) < 4.78 is 85.6. The monoisotopic (exact) mass is 586 g/mol. The van der Waals surface area contributed by atoms with Crippen molar-refractivity contribution in [2.45, 2.75) is 30.2 Å². The molecule has 1 aliphatic carbocycles. The Morgan fingerprint density at radius 2 is 1.73 bits per heavy atom. The van der Waals surface area contributed by atoms with Crippen LogP contribution in [0.4, 0.5) is 22.0 Å². The van der Waals surface area contributed by atoms with Crippen LogP contribution in [-0.4, -0.2) is 55.2 Å². The number of alkyl halides is 4. The zero-order valence-corrected chi connectivity index (χ0v) is 22.0. The second-order valence-corrected chi connectivity index (χ2v) is 9.61. The van der Waals surface area contributed by atoms with Gasteiger partial charge in [0, 0.05) is 11.1 Å². The number of amides is 1. The first-order valence-corrected chi connectivity index (χ1v) is 12.3. The van der Waals surface area contributed by atoms with E-state index in [1.807, 2.05) is 0 Å². The molecule has 1 aliphatic rings. The van der Waals surface area contributed by atoms with Crippen LogP contribution < -0.4 is 19.5 Å². The van der Waals surface area contributed by atoms with Crippen molar-refractivity contribution < 1.29 is 46.1 Å². The molecule has 214 valence electrons. The van der Waals surface area contributed by atoms with Gasteiger partial charge in [0.25, 0.3) is 5.91 Å². The Kier molecular flexibility index (Phi) is 8.13. The predicted molar refractivity (Wildman–Crippen MR) is 135 cm³/mol. The largest absolute Gasteiger partial charge is 0.494 e. The van der Waals surface area contributed by atoms with Gasteiger partial charge in [-0.25, -0.2) is 13.8 Å². The molecule has 1 aromatic heterocycles. The minimum absolute atomic E-state index is 0.0372. The third-order valence-corrected chi connectivity index (χ3v) is 6.76. The number of methoxy groups -OCH3 is 2. The van der Waals surface area contributed by atoms with Crippen LogP contribution in [0.3, 0.4) is 0 Å². The molecule has 13 heteroatoms. The molecule has 2 N–H and O–H groups in total. The van der Waals surface area contributed by atoms with Gasteiger partial charge in [-0.3, -0.25) is 4.79 Å². The Morgan fingerprint density at radius 1 is 1.05 bits per heavy atom. The summed E-state index contributed by atoms with van der Waals surface area (Å²) in [5.41, 5.74) is -5.52. The SMILES string of the molecule is COc1cc(C(=O)NCC(O)(c2ccc(OC)c(-c3ccc(F)c(Cl)c3)n2)C(F)(F)F)ccc1OC1(CF)CC1. The van der Waals surface area contributed by atoms with Gasteiger partial charge in [0.05, 0.1) is 31.5 Å². The Balaban J connectivity index is 1.61. The van der Waals surface area contributed by atoms with Crippen molar-refractivity contribution in [1.29, 1.82) is 0 Å². The first-order valence-electron chi connectivity index (χ1n) is 11.9. The van der Waals surface area contributed by atoms with E-state index >= 15 is 0 Å². The van der Waals surface area contributed by atoms with Gasteiger partial charge in [-0.15, -0.1) is 0 Å². The highest BCUT2D eigenvalue weighted by Gasteiger charge is 2.56. The maximum Gasteiger partial charge on any atom is 0.424 e. The number of halogens is 6. The first kappa shape index (κ1) is 29.3. The minimum Gasteiger partial charge on any atom is -0.494 e. The minimum atomic E-state index is -5.28. The van der Waals surface area contributed by atoms with Crippen molar-refractivity contribution in [2.24, 2.45) is 0 Å². The standard InChI is InChI=1S/C27H24ClF5N2O5/c1-38-20-7-8-22(35-23(20)15-3-5-18(30)17(28)11-15)26(37,27(31,32)33)14-34-24(36)16-4-6-19(21(12-16)39-2)40-25(13-29)9-10-25/h3-8,11-12,37H,9-10,13-14H2,1-2H3,(H,34,36). The van der Waals surface area contributed by atoms with Crippen LogP contribution >= 0.6 is 11.6 Å². The van der Waals surface area contributed by atoms with E-state index in [2.05, 4.69) is 10.3 Å². The number of aliphatic hydroxyl groups is 1. The van der Waals surface area contributed by atoms with E-state index in [-0.39, 0.29) is 39.1 Å². The van der Waals surface area contributed by atoms with Gasteiger partial charge in [0.1, 0.15) is 29.5 Å². The van der Waals surface area contributed by atoms with Crippen LogP contribution in [-0.2, 0) is 5.60 Å².